The van der Waals surface area contributed by atoms with Crippen molar-refractivity contribution in [2.75, 3.05) is 0 Å². The van der Waals surface area contributed by atoms with Gasteiger partial charge in [0.05, 0.1) is 58.0 Å². The Bertz CT molecular complexity index is 2480. The molecule has 386 valence electrons. The van der Waals surface area contributed by atoms with Gasteiger partial charge >= 0.3 is 0 Å². The van der Waals surface area contributed by atoms with Gasteiger partial charge in [-0.15, -0.1) is 0 Å². The van der Waals surface area contributed by atoms with Gasteiger partial charge in [-0.05, 0) is 54.2 Å². The molecule has 0 bridgehead atoms. The highest BCUT2D eigenvalue weighted by Crippen LogP contribution is 2.38. The molecule has 0 spiro atoms. The first-order valence-electron chi connectivity index (χ1n) is 25.3. The number of rotatable bonds is 22. The monoisotopic (exact) mass is 996 g/mol. The minimum atomic E-state index is -1.49. The molecule has 0 amide bonds. The fourth-order valence-corrected chi connectivity index (χ4v) is 9.63. The molecule has 0 saturated carbocycles. The Balaban J connectivity index is 1.06. The van der Waals surface area contributed by atoms with E-state index in [2.05, 4.69) is 0 Å². The SMILES string of the molecule is C[C@@H]1O[C@@H](O)[C@H](O[C@@H]2O[C@@H](C)[C@H](OCc3ccccc3)[C@@H](OCc3ccccc3)[C@H]2O[C@@H]2O[C@@H](C)[C@H](OCc3ccccc3)[C@@H](OCc3ccccc3)[C@H]2O)[C@H](OCc2ccccc2)[C@H]1OCc1ccccc1. The van der Waals surface area contributed by atoms with E-state index >= 15 is 0 Å². The van der Waals surface area contributed by atoms with Gasteiger partial charge in [-0.25, -0.2) is 0 Å². The van der Waals surface area contributed by atoms with E-state index in [-0.39, 0.29) is 39.6 Å². The summed E-state index contributed by atoms with van der Waals surface area (Å²) >= 11 is 0. The van der Waals surface area contributed by atoms with Crippen molar-refractivity contribution in [3.05, 3.63) is 215 Å². The lowest BCUT2D eigenvalue weighted by atomic mass is 9.96. The molecule has 9 rings (SSSR count). The predicted octanol–water partition coefficient (Wildman–Crippen LogP) is 8.86. The summed E-state index contributed by atoms with van der Waals surface area (Å²) in [5.74, 6) is 0. The van der Waals surface area contributed by atoms with Crippen molar-refractivity contribution in [1.82, 2.24) is 0 Å². The summed E-state index contributed by atoms with van der Waals surface area (Å²) in [5, 5.41) is 24.6. The summed E-state index contributed by atoms with van der Waals surface area (Å²) in [6, 6.07) is 58.9. The first-order valence-corrected chi connectivity index (χ1v) is 25.3. The Hall–Kier alpha value is -5.20. The highest BCUT2D eigenvalue weighted by molar-refractivity contribution is 5.18. The standard InChI is InChI=1S/C60H68O13/c1-40-51(64-35-44-24-12-5-13-25-44)54(67-38-47-30-18-8-19-31-47)56(58(62)69-40)72-60-57(55(68-39-48-32-20-9-21-33-48)52(42(3)71-60)65-36-45-26-14-6-15-27-45)73-59-49(61)53(66-37-46-28-16-7-17-29-46)50(41(2)70-59)63-34-43-22-10-4-11-23-43/h4-33,40-42,49-62H,34-39H2,1-3H3/t40-,41-,42-,49+,50-,51-,52-,53-,54+,55+,56+,57+,58+,59-,60-/m0/s1. The van der Waals surface area contributed by atoms with E-state index in [1.54, 1.807) is 0 Å². The molecule has 6 aromatic rings. The van der Waals surface area contributed by atoms with E-state index < -0.39 is 92.1 Å². The smallest absolute Gasteiger partial charge is 0.187 e. The molecule has 3 aliphatic rings. The molecule has 73 heavy (non-hydrogen) atoms. The van der Waals surface area contributed by atoms with Gasteiger partial charge in [-0.3, -0.25) is 0 Å². The van der Waals surface area contributed by atoms with E-state index in [1.165, 1.54) is 0 Å². The van der Waals surface area contributed by atoms with Crippen molar-refractivity contribution in [3.8, 4) is 0 Å². The van der Waals surface area contributed by atoms with Gasteiger partial charge in [0, 0.05) is 0 Å². The van der Waals surface area contributed by atoms with Crippen LogP contribution in [0.25, 0.3) is 0 Å². The molecule has 0 aliphatic carbocycles. The maximum Gasteiger partial charge on any atom is 0.187 e. The fraction of sp³-hybridized carbons (Fsp3) is 0.400. The van der Waals surface area contributed by atoms with Crippen LogP contribution in [0.2, 0.25) is 0 Å². The average Bonchev–Trinajstić information content (AvgIpc) is 3.42. The zero-order valence-electron chi connectivity index (χ0n) is 41.6. The van der Waals surface area contributed by atoms with E-state index in [1.807, 2.05) is 203 Å². The normalized spacial score (nSPS) is 30.5. The fourth-order valence-electron chi connectivity index (χ4n) is 9.63. The van der Waals surface area contributed by atoms with Crippen molar-refractivity contribution in [2.45, 2.75) is 153 Å². The molecule has 15 atom stereocenters. The second kappa shape index (κ2) is 26.3. The zero-order valence-corrected chi connectivity index (χ0v) is 41.6. The molecule has 13 nitrogen and oxygen atoms in total. The van der Waals surface area contributed by atoms with Crippen LogP contribution in [0, 0.1) is 0 Å². The number of aliphatic hydroxyl groups excluding tert-OH is 2. The van der Waals surface area contributed by atoms with Crippen molar-refractivity contribution in [1.29, 1.82) is 0 Å². The number of hydrogen-bond donors (Lipinski definition) is 2. The van der Waals surface area contributed by atoms with Gasteiger partial charge in [0.1, 0.15) is 54.9 Å². The lowest BCUT2D eigenvalue weighted by Gasteiger charge is -2.50. The van der Waals surface area contributed by atoms with Crippen LogP contribution in [0.5, 0.6) is 0 Å². The summed E-state index contributed by atoms with van der Waals surface area (Å²) in [6.07, 6.45) is -14.6. The summed E-state index contributed by atoms with van der Waals surface area (Å²) in [6.45, 7) is 6.91. The molecule has 0 aromatic heterocycles. The molecule has 0 unspecified atom stereocenters. The molecular weight excluding hydrogens is 929 g/mol. The summed E-state index contributed by atoms with van der Waals surface area (Å²) in [5.41, 5.74) is 5.61. The van der Waals surface area contributed by atoms with Crippen LogP contribution in [-0.2, 0) is 91.7 Å². The van der Waals surface area contributed by atoms with Gasteiger partial charge in [-0.2, -0.15) is 0 Å². The molecule has 3 aliphatic heterocycles. The minimum absolute atomic E-state index is 0.170. The van der Waals surface area contributed by atoms with Crippen LogP contribution >= 0.6 is 0 Å². The van der Waals surface area contributed by atoms with Crippen LogP contribution < -0.4 is 0 Å². The number of hydrogen-bond acceptors (Lipinski definition) is 13. The summed E-state index contributed by atoms with van der Waals surface area (Å²) in [4.78, 5) is 0. The van der Waals surface area contributed by atoms with Crippen LogP contribution in [0.1, 0.15) is 54.2 Å². The van der Waals surface area contributed by atoms with Crippen molar-refractivity contribution in [2.24, 2.45) is 0 Å². The van der Waals surface area contributed by atoms with Gasteiger partial charge in [0.2, 0.25) is 0 Å². The van der Waals surface area contributed by atoms with Gasteiger partial charge in [0.25, 0.3) is 0 Å². The third-order valence-electron chi connectivity index (χ3n) is 13.5. The Labute approximate surface area is 428 Å². The highest BCUT2D eigenvalue weighted by Gasteiger charge is 2.55. The quantitative estimate of drug-likeness (QED) is 0.0670. The maximum absolute atomic E-state index is 12.6. The first-order chi connectivity index (χ1) is 35.8. The van der Waals surface area contributed by atoms with E-state index in [0.717, 1.165) is 33.4 Å². The first kappa shape index (κ1) is 52.7. The van der Waals surface area contributed by atoms with Crippen molar-refractivity contribution >= 4 is 0 Å². The van der Waals surface area contributed by atoms with Crippen molar-refractivity contribution in [3.63, 3.8) is 0 Å². The molecular formula is C60H68O13. The molecule has 3 saturated heterocycles. The van der Waals surface area contributed by atoms with Gasteiger partial charge in [0.15, 0.2) is 18.9 Å². The molecule has 13 heteroatoms. The molecule has 6 aromatic carbocycles. The third-order valence-corrected chi connectivity index (χ3v) is 13.5. The van der Waals surface area contributed by atoms with Gasteiger partial charge in [-0.1, -0.05) is 182 Å². The molecule has 2 N–H and O–H groups in total. The number of benzene rings is 6. The lowest BCUT2D eigenvalue weighted by molar-refractivity contribution is -0.396. The molecule has 3 fully saturated rings. The van der Waals surface area contributed by atoms with Crippen LogP contribution in [0.15, 0.2) is 182 Å². The van der Waals surface area contributed by atoms with E-state index in [4.69, 9.17) is 52.1 Å². The molecule has 0 radical (unpaired) electrons. The van der Waals surface area contributed by atoms with Crippen LogP contribution in [0.4, 0.5) is 0 Å². The summed E-state index contributed by atoms with van der Waals surface area (Å²) in [7, 11) is 0. The predicted molar refractivity (Wildman–Crippen MR) is 271 cm³/mol. The number of aliphatic hydroxyl groups is 2. The minimum Gasteiger partial charge on any atom is -0.385 e. The largest absolute Gasteiger partial charge is 0.385 e. The lowest BCUT2D eigenvalue weighted by Crippen LogP contribution is -2.66. The Morgan fingerprint density at radius 3 is 0.918 bits per heavy atom. The molecule has 3 heterocycles. The second-order valence-electron chi connectivity index (χ2n) is 18.9. The van der Waals surface area contributed by atoms with Crippen molar-refractivity contribution < 1.29 is 62.3 Å². The van der Waals surface area contributed by atoms with Crippen LogP contribution in [0.3, 0.4) is 0 Å². The van der Waals surface area contributed by atoms with E-state index in [9.17, 15) is 10.2 Å². The average molecular weight is 997 g/mol. The van der Waals surface area contributed by atoms with Crippen LogP contribution in [-0.4, -0.2) is 102 Å². The Morgan fingerprint density at radius 1 is 0.301 bits per heavy atom. The second-order valence-corrected chi connectivity index (χ2v) is 18.9. The zero-order chi connectivity index (χ0) is 50.4. The highest BCUT2D eigenvalue weighted by atomic mass is 16.8. The summed E-state index contributed by atoms with van der Waals surface area (Å²) < 4.78 is 74.2. The van der Waals surface area contributed by atoms with Gasteiger partial charge < -0.3 is 62.3 Å². The topological polar surface area (TPSA) is 142 Å². The number of ether oxygens (including phenoxy) is 11. The van der Waals surface area contributed by atoms with E-state index in [0.29, 0.717) is 0 Å². The Kier molecular flexibility index (Phi) is 19.0. The third kappa shape index (κ3) is 14.1. The maximum atomic E-state index is 12.6. The Morgan fingerprint density at radius 2 is 0.562 bits per heavy atom.